The molecule has 0 spiro atoms. The summed E-state index contributed by atoms with van der Waals surface area (Å²) >= 11 is 0. The molecule has 3 heteroatoms. The average molecular weight is 235 g/mol. The molecule has 0 aromatic heterocycles. The summed E-state index contributed by atoms with van der Waals surface area (Å²) in [4.78, 5) is 0. The highest BCUT2D eigenvalue weighted by Crippen LogP contribution is 2.38. The van der Waals surface area contributed by atoms with Crippen molar-refractivity contribution in [2.45, 2.75) is 31.3 Å². The van der Waals surface area contributed by atoms with Crippen molar-refractivity contribution in [3.05, 3.63) is 29.8 Å². The highest BCUT2D eigenvalue weighted by Gasteiger charge is 2.30. The molecular weight excluding hydrogens is 214 g/mol. The Hall–Kier alpha value is -1.06. The van der Waals surface area contributed by atoms with Gasteiger partial charge in [0.05, 0.1) is 13.2 Å². The number of nitrogens with two attached hydrogens (primary N) is 1. The number of ether oxygens (including phenoxy) is 1. The van der Waals surface area contributed by atoms with Gasteiger partial charge in [0.1, 0.15) is 5.75 Å². The molecule has 1 aromatic rings. The van der Waals surface area contributed by atoms with Gasteiger partial charge in [-0.1, -0.05) is 31.0 Å². The minimum atomic E-state index is -0.358. The first-order valence-corrected chi connectivity index (χ1v) is 6.27. The summed E-state index contributed by atoms with van der Waals surface area (Å²) in [5.41, 5.74) is 6.83. The third-order valence-corrected chi connectivity index (χ3v) is 3.53. The number of aliphatic hydroxyl groups is 1. The van der Waals surface area contributed by atoms with Crippen molar-refractivity contribution < 1.29 is 9.84 Å². The zero-order valence-electron chi connectivity index (χ0n) is 10.3. The average Bonchev–Trinajstić information content (AvgIpc) is 3.14. The van der Waals surface area contributed by atoms with Crippen LogP contribution in [-0.4, -0.2) is 24.9 Å². The van der Waals surface area contributed by atoms with Crippen molar-refractivity contribution in [3.8, 4) is 5.75 Å². The number of hydrogen-bond acceptors (Lipinski definition) is 3. The van der Waals surface area contributed by atoms with E-state index in [1.54, 1.807) is 7.11 Å². The number of aliphatic hydroxyl groups excluding tert-OH is 1. The second-order valence-corrected chi connectivity index (χ2v) is 4.83. The lowest BCUT2D eigenvalue weighted by atomic mass is 9.90. The van der Waals surface area contributed by atoms with Crippen LogP contribution >= 0.6 is 0 Å². The molecule has 94 valence electrons. The molecule has 2 unspecified atom stereocenters. The molecule has 0 radical (unpaired) electrons. The maximum absolute atomic E-state index is 10.3. The van der Waals surface area contributed by atoms with Crippen LogP contribution in [0.4, 0.5) is 0 Å². The molecule has 1 aromatic carbocycles. The highest BCUT2D eigenvalue weighted by atomic mass is 16.5. The first-order chi connectivity index (χ1) is 8.26. The van der Waals surface area contributed by atoms with Gasteiger partial charge in [-0.15, -0.1) is 0 Å². The molecule has 1 fully saturated rings. The van der Waals surface area contributed by atoms with Crippen molar-refractivity contribution in [1.29, 1.82) is 0 Å². The topological polar surface area (TPSA) is 55.5 Å². The van der Waals surface area contributed by atoms with Gasteiger partial charge in [0.15, 0.2) is 0 Å². The van der Waals surface area contributed by atoms with E-state index in [-0.39, 0.29) is 12.0 Å². The van der Waals surface area contributed by atoms with E-state index in [2.05, 4.69) is 0 Å². The summed E-state index contributed by atoms with van der Waals surface area (Å²) in [6.45, 7) is 0.453. The molecule has 1 saturated carbocycles. The van der Waals surface area contributed by atoms with Crippen LogP contribution in [0, 0.1) is 5.92 Å². The van der Waals surface area contributed by atoms with E-state index in [0.29, 0.717) is 12.5 Å². The third-order valence-electron chi connectivity index (χ3n) is 3.53. The van der Waals surface area contributed by atoms with Gasteiger partial charge in [0.2, 0.25) is 0 Å². The Morgan fingerprint density at radius 2 is 2.12 bits per heavy atom. The third kappa shape index (κ3) is 2.99. The Morgan fingerprint density at radius 3 is 2.71 bits per heavy atom. The van der Waals surface area contributed by atoms with Crippen molar-refractivity contribution >= 4 is 0 Å². The van der Waals surface area contributed by atoms with Crippen LogP contribution in [-0.2, 0) is 0 Å². The van der Waals surface area contributed by atoms with Crippen LogP contribution < -0.4 is 10.5 Å². The van der Waals surface area contributed by atoms with E-state index >= 15 is 0 Å². The minimum absolute atomic E-state index is 0.0215. The molecule has 0 bridgehead atoms. The van der Waals surface area contributed by atoms with Crippen LogP contribution in [0.15, 0.2) is 24.3 Å². The molecule has 0 heterocycles. The van der Waals surface area contributed by atoms with Gasteiger partial charge < -0.3 is 15.6 Å². The smallest absolute Gasteiger partial charge is 0.122 e. The van der Waals surface area contributed by atoms with Gasteiger partial charge in [0.25, 0.3) is 0 Å². The standard InChI is InChI=1S/C14H21NO2/c1-17-14-5-3-2-4-11(14)12(9-15)13(16)8-10-6-7-10/h2-5,10,12-13,16H,6-9,15H2,1H3. The van der Waals surface area contributed by atoms with Gasteiger partial charge in [-0.2, -0.15) is 0 Å². The van der Waals surface area contributed by atoms with Gasteiger partial charge in [-0.3, -0.25) is 0 Å². The minimum Gasteiger partial charge on any atom is -0.496 e. The number of para-hydroxylation sites is 1. The fourth-order valence-corrected chi connectivity index (χ4v) is 2.32. The monoisotopic (exact) mass is 235 g/mol. The highest BCUT2D eigenvalue weighted by molar-refractivity contribution is 5.37. The first kappa shape index (κ1) is 12.4. The summed E-state index contributed by atoms with van der Waals surface area (Å²) in [5, 5.41) is 10.3. The number of rotatable bonds is 6. The van der Waals surface area contributed by atoms with Crippen molar-refractivity contribution in [3.63, 3.8) is 0 Å². The summed E-state index contributed by atoms with van der Waals surface area (Å²) in [6.07, 6.45) is 3.00. The van der Waals surface area contributed by atoms with Crippen molar-refractivity contribution in [2.24, 2.45) is 11.7 Å². The van der Waals surface area contributed by atoms with E-state index in [4.69, 9.17) is 10.5 Å². The van der Waals surface area contributed by atoms with E-state index in [1.165, 1.54) is 12.8 Å². The summed E-state index contributed by atoms with van der Waals surface area (Å²) < 4.78 is 5.33. The molecule has 2 rings (SSSR count). The van der Waals surface area contributed by atoms with E-state index in [9.17, 15) is 5.11 Å². The molecule has 0 saturated heterocycles. The predicted molar refractivity (Wildman–Crippen MR) is 68.1 cm³/mol. The second kappa shape index (κ2) is 5.52. The Balaban J connectivity index is 2.14. The molecule has 3 nitrogen and oxygen atoms in total. The molecule has 3 N–H and O–H groups in total. The van der Waals surface area contributed by atoms with Crippen LogP contribution in [0.2, 0.25) is 0 Å². The van der Waals surface area contributed by atoms with Crippen LogP contribution in [0.3, 0.4) is 0 Å². The lowest BCUT2D eigenvalue weighted by molar-refractivity contribution is 0.128. The van der Waals surface area contributed by atoms with E-state index in [1.807, 2.05) is 24.3 Å². The van der Waals surface area contributed by atoms with Gasteiger partial charge in [0, 0.05) is 18.0 Å². The predicted octanol–water partition coefficient (Wildman–Crippen LogP) is 1.90. The maximum Gasteiger partial charge on any atom is 0.122 e. The zero-order valence-corrected chi connectivity index (χ0v) is 10.3. The van der Waals surface area contributed by atoms with Crippen LogP contribution in [0.25, 0.3) is 0 Å². The lowest BCUT2D eigenvalue weighted by Crippen LogP contribution is -2.26. The Morgan fingerprint density at radius 1 is 1.41 bits per heavy atom. The Labute approximate surface area is 103 Å². The Bertz CT molecular complexity index is 363. The lowest BCUT2D eigenvalue weighted by Gasteiger charge is -2.23. The second-order valence-electron chi connectivity index (χ2n) is 4.83. The Kier molecular flexibility index (Phi) is 4.02. The normalized spacial score (nSPS) is 18.8. The molecule has 1 aliphatic carbocycles. The quantitative estimate of drug-likeness (QED) is 0.791. The van der Waals surface area contributed by atoms with Crippen LogP contribution in [0.1, 0.15) is 30.7 Å². The molecule has 0 aliphatic heterocycles. The summed E-state index contributed by atoms with van der Waals surface area (Å²) in [7, 11) is 1.65. The molecule has 17 heavy (non-hydrogen) atoms. The molecule has 2 atom stereocenters. The zero-order chi connectivity index (χ0) is 12.3. The van der Waals surface area contributed by atoms with E-state index < -0.39 is 0 Å². The maximum atomic E-state index is 10.3. The summed E-state index contributed by atoms with van der Waals surface area (Å²) in [5.74, 6) is 1.50. The van der Waals surface area contributed by atoms with Gasteiger partial charge in [-0.05, 0) is 18.4 Å². The largest absolute Gasteiger partial charge is 0.496 e. The number of methoxy groups -OCH3 is 1. The fraction of sp³-hybridized carbons (Fsp3) is 0.571. The summed E-state index contributed by atoms with van der Waals surface area (Å²) in [6, 6.07) is 7.81. The SMILES string of the molecule is COc1ccccc1C(CN)C(O)CC1CC1. The molecule has 1 aliphatic rings. The van der Waals surface area contributed by atoms with Crippen molar-refractivity contribution in [2.75, 3.05) is 13.7 Å². The van der Waals surface area contributed by atoms with Gasteiger partial charge in [-0.25, -0.2) is 0 Å². The first-order valence-electron chi connectivity index (χ1n) is 6.27. The number of benzene rings is 1. The van der Waals surface area contributed by atoms with Gasteiger partial charge >= 0.3 is 0 Å². The van der Waals surface area contributed by atoms with Crippen LogP contribution in [0.5, 0.6) is 5.75 Å². The molecule has 0 amide bonds. The molecular formula is C14H21NO2. The fourth-order valence-electron chi connectivity index (χ4n) is 2.32. The van der Waals surface area contributed by atoms with Crippen molar-refractivity contribution in [1.82, 2.24) is 0 Å². The van der Waals surface area contributed by atoms with E-state index in [0.717, 1.165) is 17.7 Å². The number of hydrogen-bond donors (Lipinski definition) is 2.